The van der Waals surface area contributed by atoms with E-state index < -0.39 is 9.05 Å². The highest BCUT2D eigenvalue weighted by Gasteiger charge is 2.13. The van der Waals surface area contributed by atoms with Crippen LogP contribution in [0.3, 0.4) is 0 Å². The smallest absolute Gasteiger partial charge is 0.261 e. The van der Waals surface area contributed by atoms with E-state index in [0.717, 1.165) is 4.90 Å². The molecule has 0 fully saturated rings. The van der Waals surface area contributed by atoms with Crippen LogP contribution < -0.4 is 4.74 Å². The Morgan fingerprint density at radius 3 is 2.30 bits per heavy atom. The van der Waals surface area contributed by atoms with Crippen molar-refractivity contribution in [2.45, 2.75) is 9.79 Å². The number of hydrogen-bond acceptors (Lipinski definition) is 4. The van der Waals surface area contributed by atoms with Gasteiger partial charge in [0.25, 0.3) is 9.05 Å². The van der Waals surface area contributed by atoms with Crippen molar-refractivity contribution in [1.82, 2.24) is 0 Å². The van der Waals surface area contributed by atoms with Gasteiger partial charge in [0.05, 0.1) is 9.37 Å². The van der Waals surface area contributed by atoms with Gasteiger partial charge in [-0.1, -0.05) is 0 Å². The van der Waals surface area contributed by atoms with Crippen molar-refractivity contribution in [2.75, 3.05) is 6.26 Å². The summed E-state index contributed by atoms with van der Waals surface area (Å²) in [5.41, 5.74) is 0. The third-order valence-electron chi connectivity index (χ3n) is 2.47. The van der Waals surface area contributed by atoms with E-state index in [4.69, 9.17) is 15.4 Å². The molecule has 2 aromatic rings. The van der Waals surface area contributed by atoms with Crippen molar-refractivity contribution < 1.29 is 13.2 Å². The van der Waals surface area contributed by atoms with Crippen molar-refractivity contribution in [3.8, 4) is 11.5 Å². The SMILES string of the molecule is CSc1ccc(Oc2ccc(S(=O)(=O)Cl)cc2Br)cc1. The lowest BCUT2D eigenvalue weighted by Gasteiger charge is -2.09. The Bertz CT molecular complexity index is 715. The predicted molar refractivity (Wildman–Crippen MR) is 85.5 cm³/mol. The first-order chi connectivity index (χ1) is 9.40. The summed E-state index contributed by atoms with van der Waals surface area (Å²) >= 11 is 4.92. The number of benzene rings is 2. The topological polar surface area (TPSA) is 43.4 Å². The molecule has 0 saturated heterocycles. The molecule has 106 valence electrons. The van der Waals surface area contributed by atoms with Crippen molar-refractivity contribution in [1.29, 1.82) is 0 Å². The average molecular weight is 394 g/mol. The van der Waals surface area contributed by atoms with Gasteiger partial charge in [-0.3, -0.25) is 0 Å². The van der Waals surface area contributed by atoms with Gasteiger partial charge >= 0.3 is 0 Å². The maximum Gasteiger partial charge on any atom is 0.261 e. The molecule has 20 heavy (non-hydrogen) atoms. The number of halogens is 2. The zero-order valence-electron chi connectivity index (χ0n) is 10.3. The van der Waals surface area contributed by atoms with Gasteiger partial charge in [-0.15, -0.1) is 11.8 Å². The summed E-state index contributed by atoms with van der Waals surface area (Å²) in [4.78, 5) is 1.16. The summed E-state index contributed by atoms with van der Waals surface area (Å²) in [6.45, 7) is 0. The lowest BCUT2D eigenvalue weighted by Crippen LogP contribution is -1.92. The number of ether oxygens (including phenoxy) is 1. The molecule has 0 amide bonds. The largest absolute Gasteiger partial charge is 0.456 e. The first-order valence-electron chi connectivity index (χ1n) is 5.46. The second-order valence-corrected chi connectivity index (χ2v) is 8.11. The molecule has 0 aliphatic rings. The summed E-state index contributed by atoms with van der Waals surface area (Å²) in [5, 5.41) is 0. The molecular weight excluding hydrogens is 384 g/mol. The van der Waals surface area contributed by atoms with Crippen molar-refractivity contribution in [3.05, 3.63) is 46.9 Å². The van der Waals surface area contributed by atoms with Crippen LogP contribution in [0.15, 0.2) is 56.7 Å². The fraction of sp³-hybridized carbons (Fsp3) is 0.0769. The second kappa shape index (κ2) is 6.39. The fourth-order valence-electron chi connectivity index (χ4n) is 1.49. The molecule has 0 spiro atoms. The zero-order chi connectivity index (χ0) is 14.8. The van der Waals surface area contributed by atoms with Gasteiger partial charge in [0.15, 0.2) is 0 Å². The van der Waals surface area contributed by atoms with E-state index in [9.17, 15) is 8.42 Å². The van der Waals surface area contributed by atoms with Crippen LogP contribution in [0.2, 0.25) is 0 Å². The van der Waals surface area contributed by atoms with Crippen LogP contribution in [0, 0.1) is 0 Å². The normalized spacial score (nSPS) is 11.3. The first kappa shape index (κ1) is 15.7. The minimum absolute atomic E-state index is 0.0242. The maximum atomic E-state index is 11.2. The Balaban J connectivity index is 2.25. The third kappa shape index (κ3) is 3.91. The Labute approximate surface area is 134 Å². The number of hydrogen-bond donors (Lipinski definition) is 0. The summed E-state index contributed by atoms with van der Waals surface area (Å²) in [6, 6.07) is 12.0. The van der Waals surface area contributed by atoms with E-state index in [1.807, 2.05) is 30.5 Å². The standard InChI is InChI=1S/C13H10BrClO3S2/c1-19-10-4-2-9(3-5-10)18-13-7-6-11(8-12(13)14)20(15,16)17/h2-8H,1H3. The molecule has 0 N–H and O–H groups in total. The number of thioether (sulfide) groups is 1. The van der Waals surface area contributed by atoms with Crippen LogP contribution in [-0.4, -0.2) is 14.7 Å². The quantitative estimate of drug-likeness (QED) is 0.548. The van der Waals surface area contributed by atoms with E-state index in [2.05, 4.69) is 15.9 Å². The Morgan fingerprint density at radius 1 is 1.15 bits per heavy atom. The second-order valence-electron chi connectivity index (χ2n) is 3.81. The molecule has 0 aromatic heterocycles. The fourth-order valence-corrected chi connectivity index (χ4v) is 3.28. The molecule has 0 saturated carbocycles. The Morgan fingerprint density at radius 2 is 1.80 bits per heavy atom. The predicted octanol–water partition coefficient (Wildman–Crippen LogP) is 4.89. The van der Waals surface area contributed by atoms with Gasteiger partial charge < -0.3 is 4.74 Å². The van der Waals surface area contributed by atoms with Crippen LogP contribution in [0.1, 0.15) is 0 Å². The molecule has 7 heteroatoms. The molecule has 0 radical (unpaired) electrons. The Hall–Kier alpha value is -0.690. The van der Waals surface area contributed by atoms with Crippen molar-refractivity contribution in [2.24, 2.45) is 0 Å². The third-order valence-corrected chi connectivity index (χ3v) is 5.19. The van der Waals surface area contributed by atoms with Crippen molar-refractivity contribution in [3.63, 3.8) is 0 Å². The van der Waals surface area contributed by atoms with Gasteiger partial charge in [-0.25, -0.2) is 8.42 Å². The molecule has 0 heterocycles. The number of rotatable bonds is 4. The van der Waals surface area contributed by atoms with Crippen LogP contribution >= 0.6 is 38.4 Å². The van der Waals surface area contributed by atoms with Gasteiger partial charge in [-0.2, -0.15) is 0 Å². The lowest BCUT2D eigenvalue weighted by atomic mass is 10.3. The van der Waals surface area contributed by atoms with E-state index in [0.29, 0.717) is 16.0 Å². The highest BCUT2D eigenvalue weighted by Crippen LogP contribution is 2.33. The highest BCUT2D eigenvalue weighted by atomic mass is 79.9. The van der Waals surface area contributed by atoms with Crippen LogP contribution in [0.25, 0.3) is 0 Å². The minimum atomic E-state index is -3.74. The van der Waals surface area contributed by atoms with Crippen LogP contribution in [0.4, 0.5) is 0 Å². The van der Waals surface area contributed by atoms with Gasteiger partial charge in [0.2, 0.25) is 0 Å². The molecule has 0 bridgehead atoms. The molecular formula is C13H10BrClO3S2. The molecule has 2 rings (SSSR count). The zero-order valence-corrected chi connectivity index (χ0v) is 14.3. The van der Waals surface area contributed by atoms with E-state index in [1.165, 1.54) is 12.1 Å². The van der Waals surface area contributed by atoms with Gasteiger partial charge in [0, 0.05) is 15.6 Å². The highest BCUT2D eigenvalue weighted by molar-refractivity contribution is 9.10. The van der Waals surface area contributed by atoms with E-state index in [1.54, 1.807) is 17.8 Å². The molecule has 0 aliphatic heterocycles. The van der Waals surface area contributed by atoms with Gasteiger partial charge in [0.1, 0.15) is 11.5 Å². The molecule has 0 atom stereocenters. The van der Waals surface area contributed by atoms with Crippen molar-refractivity contribution >= 4 is 47.4 Å². The minimum Gasteiger partial charge on any atom is -0.456 e. The van der Waals surface area contributed by atoms with Crippen LogP contribution in [0.5, 0.6) is 11.5 Å². The summed E-state index contributed by atoms with van der Waals surface area (Å²) in [5.74, 6) is 1.19. The molecule has 0 aliphatic carbocycles. The van der Waals surface area contributed by atoms with E-state index >= 15 is 0 Å². The van der Waals surface area contributed by atoms with E-state index in [-0.39, 0.29) is 4.90 Å². The monoisotopic (exact) mass is 392 g/mol. The molecule has 3 nitrogen and oxygen atoms in total. The summed E-state index contributed by atoms with van der Waals surface area (Å²) in [7, 11) is 1.54. The molecule has 0 unspecified atom stereocenters. The molecule has 2 aromatic carbocycles. The van der Waals surface area contributed by atoms with Gasteiger partial charge in [-0.05, 0) is 64.7 Å². The average Bonchev–Trinajstić information content (AvgIpc) is 2.41. The Kier molecular flexibility index (Phi) is 5.01. The van der Waals surface area contributed by atoms with Crippen LogP contribution in [-0.2, 0) is 9.05 Å². The first-order valence-corrected chi connectivity index (χ1v) is 9.79. The summed E-state index contributed by atoms with van der Waals surface area (Å²) < 4.78 is 28.7. The lowest BCUT2D eigenvalue weighted by molar-refractivity contribution is 0.478. The summed E-state index contributed by atoms with van der Waals surface area (Å²) in [6.07, 6.45) is 2.00. The maximum absolute atomic E-state index is 11.2.